The molecule has 0 aromatic heterocycles. The first-order valence-corrected chi connectivity index (χ1v) is 6.79. The molecule has 2 aromatic rings. The van der Waals surface area contributed by atoms with Crippen molar-refractivity contribution in [3.8, 4) is 11.8 Å². The molecule has 0 fully saturated rings. The smallest absolute Gasteiger partial charge is 0.184 e. The van der Waals surface area contributed by atoms with Gasteiger partial charge < -0.3 is 4.74 Å². The van der Waals surface area contributed by atoms with Crippen LogP contribution in [0.4, 0.5) is 0 Å². The zero-order chi connectivity index (χ0) is 15.4. The molecule has 0 bridgehead atoms. The molecule has 2 aromatic carbocycles. The monoisotopic (exact) mass is 299 g/mol. The Kier molecular flexibility index (Phi) is 4.62. The summed E-state index contributed by atoms with van der Waals surface area (Å²) < 4.78 is 5.23. The number of carbonyl (C=O) groups is 1. The van der Waals surface area contributed by atoms with E-state index in [1.54, 1.807) is 42.5 Å². The number of hydrogen-bond acceptors (Lipinski definition) is 3. The van der Waals surface area contributed by atoms with Gasteiger partial charge >= 0.3 is 0 Å². The molecule has 3 nitrogen and oxygen atoms in total. The molecule has 0 amide bonds. The first kappa shape index (κ1) is 15.1. The Balaban J connectivity index is 2.44. The van der Waals surface area contributed by atoms with Crippen molar-refractivity contribution >= 4 is 17.4 Å². The van der Waals surface area contributed by atoms with Crippen molar-refractivity contribution in [3.63, 3.8) is 0 Å². The molecular formula is C17H14ClNO2. The van der Waals surface area contributed by atoms with Crippen LogP contribution in [0, 0.1) is 18.3 Å². The first-order valence-electron chi connectivity index (χ1n) is 6.41. The molecule has 0 radical (unpaired) electrons. The van der Waals surface area contributed by atoms with Crippen molar-refractivity contribution in [1.82, 2.24) is 0 Å². The third-order valence-electron chi connectivity index (χ3n) is 3.28. The number of halogens is 1. The lowest BCUT2D eigenvalue weighted by atomic mass is 9.90. The van der Waals surface area contributed by atoms with Gasteiger partial charge in [0.05, 0.1) is 13.2 Å². The molecule has 0 aliphatic carbocycles. The van der Waals surface area contributed by atoms with E-state index in [0.29, 0.717) is 21.9 Å². The van der Waals surface area contributed by atoms with Crippen LogP contribution < -0.4 is 4.74 Å². The van der Waals surface area contributed by atoms with Gasteiger partial charge in [0.15, 0.2) is 5.78 Å². The predicted molar refractivity (Wildman–Crippen MR) is 81.9 cm³/mol. The van der Waals surface area contributed by atoms with Crippen LogP contribution >= 0.6 is 11.6 Å². The minimum Gasteiger partial charge on any atom is -0.496 e. The van der Waals surface area contributed by atoms with Crippen molar-refractivity contribution in [2.75, 3.05) is 7.11 Å². The van der Waals surface area contributed by atoms with E-state index < -0.39 is 5.92 Å². The minimum atomic E-state index is -0.901. The molecule has 21 heavy (non-hydrogen) atoms. The van der Waals surface area contributed by atoms with Crippen LogP contribution in [0.3, 0.4) is 0 Å². The number of aryl methyl sites for hydroxylation is 1. The van der Waals surface area contributed by atoms with Crippen molar-refractivity contribution in [3.05, 3.63) is 64.2 Å². The fraction of sp³-hybridized carbons (Fsp3) is 0.176. The maximum absolute atomic E-state index is 12.6. The van der Waals surface area contributed by atoms with Crippen LogP contribution in [0.25, 0.3) is 0 Å². The number of benzene rings is 2. The molecule has 0 heterocycles. The van der Waals surface area contributed by atoms with Gasteiger partial charge in [0.2, 0.25) is 0 Å². The summed E-state index contributed by atoms with van der Waals surface area (Å²) in [5.41, 5.74) is 1.84. The van der Waals surface area contributed by atoms with E-state index >= 15 is 0 Å². The van der Waals surface area contributed by atoms with E-state index in [0.717, 1.165) is 5.56 Å². The summed E-state index contributed by atoms with van der Waals surface area (Å²) in [7, 11) is 1.52. The number of carbonyl (C=O) groups excluding carboxylic acids is 1. The fourth-order valence-corrected chi connectivity index (χ4v) is 2.26. The zero-order valence-corrected chi connectivity index (χ0v) is 12.5. The molecule has 106 valence electrons. The third kappa shape index (κ3) is 3.07. The van der Waals surface area contributed by atoms with E-state index in [-0.39, 0.29) is 5.78 Å². The molecule has 0 N–H and O–H groups in total. The number of hydrogen-bond donors (Lipinski definition) is 0. The average Bonchev–Trinajstić information content (AvgIpc) is 2.51. The molecule has 1 unspecified atom stereocenters. The van der Waals surface area contributed by atoms with E-state index in [1.165, 1.54) is 7.11 Å². The molecule has 0 aliphatic rings. The Morgan fingerprint density at radius 3 is 2.62 bits per heavy atom. The summed E-state index contributed by atoms with van der Waals surface area (Å²) in [6.45, 7) is 1.82. The molecule has 0 spiro atoms. The highest BCUT2D eigenvalue weighted by molar-refractivity contribution is 6.31. The molecule has 0 aliphatic heterocycles. The lowest BCUT2D eigenvalue weighted by molar-refractivity contribution is 0.0977. The largest absolute Gasteiger partial charge is 0.496 e. The van der Waals surface area contributed by atoms with Gasteiger partial charge in [0, 0.05) is 16.1 Å². The van der Waals surface area contributed by atoms with E-state index in [2.05, 4.69) is 6.07 Å². The van der Waals surface area contributed by atoms with Crippen molar-refractivity contribution in [1.29, 1.82) is 5.26 Å². The summed E-state index contributed by atoms with van der Waals surface area (Å²) in [5.74, 6) is -0.633. The zero-order valence-electron chi connectivity index (χ0n) is 11.8. The standard InChI is InChI=1S/C17H14ClNO2/c1-11-9-12(7-8-15(11)18)17(20)14(10-19)13-5-3-4-6-16(13)21-2/h3-9,14H,1-2H3. The first-order chi connectivity index (χ1) is 10.1. The topological polar surface area (TPSA) is 50.1 Å². The van der Waals surface area contributed by atoms with Crippen LogP contribution in [0.1, 0.15) is 27.4 Å². The summed E-state index contributed by atoms with van der Waals surface area (Å²) >= 11 is 5.97. The van der Waals surface area contributed by atoms with Crippen molar-refractivity contribution in [2.45, 2.75) is 12.8 Å². The third-order valence-corrected chi connectivity index (χ3v) is 3.71. The lowest BCUT2D eigenvalue weighted by Crippen LogP contribution is -2.12. The molecule has 2 rings (SSSR count). The number of nitrogens with zero attached hydrogens (tertiary/aromatic N) is 1. The highest BCUT2D eigenvalue weighted by atomic mass is 35.5. The Morgan fingerprint density at radius 1 is 1.29 bits per heavy atom. The maximum atomic E-state index is 12.6. The molecule has 0 saturated carbocycles. The van der Waals surface area contributed by atoms with Crippen LogP contribution in [-0.4, -0.2) is 12.9 Å². The maximum Gasteiger partial charge on any atom is 0.184 e. The van der Waals surface area contributed by atoms with E-state index in [9.17, 15) is 10.1 Å². The van der Waals surface area contributed by atoms with Gasteiger partial charge in [-0.3, -0.25) is 4.79 Å². The van der Waals surface area contributed by atoms with Crippen LogP contribution in [-0.2, 0) is 0 Å². The minimum absolute atomic E-state index is 0.262. The van der Waals surface area contributed by atoms with Crippen LogP contribution in [0.2, 0.25) is 5.02 Å². The highest BCUT2D eigenvalue weighted by Gasteiger charge is 2.24. The predicted octanol–water partition coefficient (Wildman–Crippen LogP) is 4.15. The molecular weight excluding hydrogens is 286 g/mol. The number of nitriles is 1. The van der Waals surface area contributed by atoms with Crippen LogP contribution in [0.15, 0.2) is 42.5 Å². The number of para-hydroxylation sites is 1. The molecule has 4 heteroatoms. The Morgan fingerprint density at radius 2 is 2.00 bits per heavy atom. The van der Waals surface area contributed by atoms with Gasteiger partial charge in [-0.25, -0.2) is 0 Å². The Bertz CT molecular complexity index is 719. The van der Waals surface area contributed by atoms with Crippen molar-refractivity contribution in [2.24, 2.45) is 0 Å². The number of ether oxygens (including phenoxy) is 1. The number of Topliss-reactive ketones (excluding diaryl/α,β-unsaturated/α-hetero) is 1. The normalized spacial score (nSPS) is 11.5. The number of rotatable bonds is 4. The Hall–Kier alpha value is -2.31. The highest BCUT2D eigenvalue weighted by Crippen LogP contribution is 2.29. The summed E-state index contributed by atoms with van der Waals surface area (Å²) in [5, 5.41) is 10.00. The second-order valence-electron chi connectivity index (χ2n) is 4.63. The second-order valence-corrected chi connectivity index (χ2v) is 5.04. The fourth-order valence-electron chi connectivity index (χ4n) is 2.14. The van der Waals surface area contributed by atoms with E-state index in [4.69, 9.17) is 16.3 Å². The van der Waals surface area contributed by atoms with Gasteiger partial charge in [0.1, 0.15) is 11.7 Å². The van der Waals surface area contributed by atoms with Crippen LogP contribution in [0.5, 0.6) is 5.75 Å². The van der Waals surface area contributed by atoms with Gasteiger partial charge in [0.25, 0.3) is 0 Å². The quantitative estimate of drug-likeness (QED) is 0.797. The van der Waals surface area contributed by atoms with Gasteiger partial charge in [-0.05, 0) is 36.8 Å². The summed E-state index contributed by atoms with van der Waals surface area (Å²) in [6.07, 6.45) is 0. The number of methoxy groups -OCH3 is 1. The second kappa shape index (κ2) is 6.43. The van der Waals surface area contributed by atoms with Gasteiger partial charge in [-0.2, -0.15) is 5.26 Å². The molecule has 0 saturated heterocycles. The number of ketones is 1. The lowest BCUT2D eigenvalue weighted by Gasteiger charge is -2.13. The summed E-state index contributed by atoms with van der Waals surface area (Å²) in [6, 6.07) is 14.1. The summed E-state index contributed by atoms with van der Waals surface area (Å²) in [4.78, 5) is 12.6. The van der Waals surface area contributed by atoms with Crippen molar-refractivity contribution < 1.29 is 9.53 Å². The average molecular weight is 300 g/mol. The SMILES string of the molecule is COc1ccccc1C(C#N)C(=O)c1ccc(Cl)c(C)c1. The Labute approximate surface area is 128 Å². The van der Waals surface area contributed by atoms with E-state index in [1.807, 2.05) is 6.92 Å². The van der Waals surface area contributed by atoms with Gasteiger partial charge in [-0.1, -0.05) is 29.8 Å². The van der Waals surface area contributed by atoms with Gasteiger partial charge in [-0.15, -0.1) is 0 Å². The molecule has 1 atom stereocenters.